The zero-order valence-electron chi connectivity index (χ0n) is 8.54. The normalized spacial score (nSPS) is 10.4. The quantitative estimate of drug-likeness (QED) is 0.539. The van der Waals surface area contributed by atoms with Crippen molar-refractivity contribution < 1.29 is 51.4 Å². The van der Waals surface area contributed by atoms with Gasteiger partial charge >= 0.3 is 118 Å². The molecular formula is C8H8AsNNaO5-. The molecule has 0 spiro atoms. The maximum Gasteiger partial charge on any atom is 1.00 e. The first-order valence-corrected chi connectivity index (χ1v) is 7.20. The molecule has 0 radical (unpaired) electrons. The van der Waals surface area contributed by atoms with E-state index in [4.69, 9.17) is 5.11 Å². The van der Waals surface area contributed by atoms with Gasteiger partial charge in [-0.1, -0.05) is 0 Å². The molecule has 0 atom stereocenters. The molecule has 16 heavy (non-hydrogen) atoms. The van der Waals surface area contributed by atoms with Crippen LogP contribution in [0.4, 0.5) is 5.69 Å². The van der Waals surface area contributed by atoms with Crippen LogP contribution in [-0.4, -0.2) is 31.8 Å². The van der Waals surface area contributed by atoms with Gasteiger partial charge in [0.2, 0.25) is 0 Å². The fraction of sp³-hybridized carbons (Fsp3) is 0.125. The summed E-state index contributed by atoms with van der Waals surface area (Å²) in [6.07, 6.45) is 0. The van der Waals surface area contributed by atoms with E-state index in [1.165, 1.54) is 12.1 Å². The monoisotopic (exact) mass is 296 g/mol. The number of hydrogen-bond acceptors (Lipinski definition) is 5. The Morgan fingerprint density at radius 1 is 1.31 bits per heavy atom. The van der Waals surface area contributed by atoms with Crippen molar-refractivity contribution in [2.24, 2.45) is 0 Å². The molecule has 6 nitrogen and oxygen atoms in total. The van der Waals surface area contributed by atoms with Crippen LogP contribution in [0.15, 0.2) is 24.3 Å². The molecule has 0 aromatic heterocycles. The molecule has 1 aromatic carbocycles. The summed E-state index contributed by atoms with van der Waals surface area (Å²) in [4.78, 5) is 10.7. The summed E-state index contributed by atoms with van der Waals surface area (Å²) in [6.45, 7) is -0.660. The van der Waals surface area contributed by atoms with Crippen LogP contribution in [0, 0.1) is 0 Å². The Labute approximate surface area is 117 Å². The van der Waals surface area contributed by atoms with Gasteiger partial charge < -0.3 is 0 Å². The van der Waals surface area contributed by atoms with Crippen molar-refractivity contribution in [1.82, 2.24) is 0 Å². The number of hydrogen-bond donors (Lipinski definition) is 2. The van der Waals surface area contributed by atoms with Crippen molar-refractivity contribution in [1.29, 1.82) is 0 Å². The van der Waals surface area contributed by atoms with Crippen molar-refractivity contribution in [3.63, 3.8) is 0 Å². The molecule has 0 bridgehead atoms. The average molecular weight is 296 g/mol. The van der Waals surface area contributed by atoms with Gasteiger partial charge in [0.1, 0.15) is 0 Å². The standard InChI is InChI=1S/C8H10AsNO5.Na/c11-5-8(12)10-7-3-1-6(2-4-7)9(13,14)15;/h1-4,11H,5H2,(H,10,12)(H2,13,14,15);/q;+1/p-2. The molecule has 1 rings (SSSR count). The van der Waals surface area contributed by atoms with Crippen LogP contribution in [0.25, 0.3) is 0 Å². The summed E-state index contributed by atoms with van der Waals surface area (Å²) >= 11 is -5.34. The number of carbonyl (C=O) groups is 1. The maximum absolute atomic E-state index is 10.7. The largest absolute Gasteiger partial charge is 1.00 e. The molecule has 0 fully saturated rings. The Hall–Kier alpha value is -0.0716. The first-order valence-electron chi connectivity index (χ1n) is 3.97. The molecule has 0 unspecified atom stereocenters. The molecule has 8 heteroatoms. The zero-order valence-corrected chi connectivity index (χ0v) is 12.4. The number of nitrogens with one attached hydrogen (secondary N) is 1. The smallest absolute Gasteiger partial charge is 1.00 e. The Balaban J connectivity index is 0.00000225. The number of benzene rings is 1. The zero-order chi connectivity index (χ0) is 11.5. The Bertz CT molecular complexity index is 401. The fourth-order valence-corrected chi connectivity index (χ4v) is 2.01. The first kappa shape index (κ1) is 15.9. The van der Waals surface area contributed by atoms with Crippen LogP contribution < -0.4 is 47.4 Å². The molecule has 0 aliphatic heterocycles. The molecule has 82 valence electrons. The predicted octanol–water partition coefficient (Wildman–Crippen LogP) is -6.08. The summed E-state index contributed by atoms with van der Waals surface area (Å²) in [7, 11) is 0. The van der Waals surface area contributed by atoms with Crippen LogP contribution in [0.1, 0.15) is 0 Å². The van der Waals surface area contributed by atoms with Crippen molar-refractivity contribution in [3.05, 3.63) is 24.3 Å². The summed E-state index contributed by atoms with van der Waals surface area (Å²) in [5, 5.41) is 10.7. The average Bonchev–Trinajstić information content (AvgIpc) is 2.17. The minimum atomic E-state index is -5.34. The first-order chi connectivity index (χ1) is 6.93. The predicted molar refractivity (Wildman–Crippen MR) is 48.2 cm³/mol. The molecule has 2 N–H and O–H groups in total. The number of carbonyl (C=O) groups excluding carboxylic acids is 1. The van der Waals surface area contributed by atoms with Gasteiger partial charge in [-0.2, -0.15) is 0 Å². The Kier molecular flexibility index (Phi) is 6.58. The van der Waals surface area contributed by atoms with E-state index in [0.29, 0.717) is 5.69 Å². The molecule has 0 saturated heterocycles. The molecule has 1 aromatic rings. The van der Waals surface area contributed by atoms with Gasteiger partial charge in [-0.25, -0.2) is 0 Å². The number of anilines is 1. The van der Waals surface area contributed by atoms with Crippen LogP contribution in [-0.2, 0) is 8.53 Å². The van der Waals surface area contributed by atoms with Crippen molar-refractivity contribution in [3.8, 4) is 0 Å². The second kappa shape index (κ2) is 6.61. The van der Waals surface area contributed by atoms with Crippen molar-refractivity contribution >= 4 is 30.1 Å². The Morgan fingerprint density at radius 3 is 2.19 bits per heavy atom. The summed E-state index contributed by atoms with van der Waals surface area (Å²) in [5.74, 6) is -0.611. The van der Waals surface area contributed by atoms with Gasteiger partial charge in [0.25, 0.3) is 0 Å². The van der Waals surface area contributed by atoms with E-state index in [-0.39, 0.29) is 33.9 Å². The van der Waals surface area contributed by atoms with E-state index in [0.717, 1.165) is 12.1 Å². The Morgan fingerprint density at radius 2 is 1.81 bits per heavy atom. The third-order valence-electron chi connectivity index (χ3n) is 1.61. The van der Waals surface area contributed by atoms with Gasteiger partial charge in [0, 0.05) is 0 Å². The fourth-order valence-electron chi connectivity index (χ4n) is 0.928. The van der Waals surface area contributed by atoms with Crippen molar-refractivity contribution in [2.45, 2.75) is 0 Å². The van der Waals surface area contributed by atoms with Crippen LogP contribution in [0.2, 0.25) is 0 Å². The molecule has 0 saturated carbocycles. The SMILES string of the molecule is O=C(CO)Nc1ccc([As](=O)([O-])[O-])cc1.[Na+]. The molecule has 1 amide bonds. The summed E-state index contributed by atoms with van der Waals surface area (Å²) in [6, 6.07) is 4.80. The summed E-state index contributed by atoms with van der Waals surface area (Å²) < 4.78 is 31.6. The number of aliphatic hydroxyl groups is 1. The van der Waals surface area contributed by atoms with Gasteiger partial charge in [0.05, 0.1) is 0 Å². The van der Waals surface area contributed by atoms with E-state index in [1.807, 2.05) is 0 Å². The molecule has 0 aliphatic rings. The van der Waals surface area contributed by atoms with E-state index in [1.54, 1.807) is 0 Å². The van der Waals surface area contributed by atoms with Crippen LogP contribution in [0.5, 0.6) is 0 Å². The van der Waals surface area contributed by atoms with Crippen molar-refractivity contribution in [2.75, 3.05) is 11.9 Å². The van der Waals surface area contributed by atoms with E-state index < -0.39 is 26.7 Å². The number of aliphatic hydroxyl groups excluding tert-OH is 1. The van der Waals surface area contributed by atoms with Crippen LogP contribution in [0.3, 0.4) is 0 Å². The maximum atomic E-state index is 10.7. The molecular weight excluding hydrogens is 288 g/mol. The van der Waals surface area contributed by atoms with E-state index >= 15 is 0 Å². The topological polar surface area (TPSA) is 113 Å². The van der Waals surface area contributed by atoms with Gasteiger partial charge in [-0.15, -0.1) is 0 Å². The third kappa shape index (κ3) is 4.84. The molecule has 0 aliphatic carbocycles. The number of rotatable bonds is 3. The van der Waals surface area contributed by atoms with Gasteiger partial charge in [0.15, 0.2) is 0 Å². The van der Waals surface area contributed by atoms with Crippen LogP contribution >= 0.6 is 0 Å². The summed E-state index contributed by atoms with van der Waals surface area (Å²) in [5.41, 5.74) is 0.321. The molecule has 0 heterocycles. The second-order valence-electron chi connectivity index (χ2n) is 2.75. The van der Waals surface area contributed by atoms with E-state index in [9.17, 15) is 16.7 Å². The second-order valence-corrected chi connectivity index (χ2v) is 5.92. The minimum Gasteiger partial charge on any atom is 1.00 e. The van der Waals surface area contributed by atoms with Gasteiger partial charge in [-0.3, -0.25) is 0 Å². The van der Waals surface area contributed by atoms with E-state index in [2.05, 4.69) is 5.32 Å². The minimum absolute atomic E-state index is 0. The third-order valence-corrected chi connectivity index (χ3v) is 3.56. The number of amides is 1. The van der Waals surface area contributed by atoms with Gasteiger partial charge in [-0.05, 0) is 0 Å².